The van der Waals surface area contributed by atoms with Crippen molar-refractivity contribution in [3.63, 3.8) is 0 Å². The van der Waals surface area contributed by atoms with E-state index in [1.54, 1.807) is 15.4 Å². The van der Waals surface area contributed by atoms with Crippen LogP contribution in [0.25, 0.3) is 27.1 Å². The fourth-order valence-electron chi connectivity index (χ4n) is 3.83. The highest BCUT2D eigenvalue weighted by atomic mass is 79.9. The van der Waals surface area contributed by atoms with E-state index in [1.807, 2.05) is 33.9 Å². The number of hydrogen-bond acceptors (Lipinski definition) is 5. The van der Waals surface area contributed by atoms with Gasteiger partial charge in [0.2, 0.25) is 0 Å². The minimum atomic E-state index is -0.599. The highest BCUT2D eigenvalue weighted by Gasteiger charge is 2.30. The molecule has 4 rings (SSSR count). The Labute approximate surface area is 188 Å². The summed E-state index contributed by atoms with van der Waals surface area (Å²) in [5.41, 5.74) is 5.29. The summed E-state index contributed by atoms with van der Waals surface area (Å²) in [5, 5.41) is 5.41. The summed E-state index contributed by atoms with van der Waals surface area (Å²) in [5.74, 6) is 0.207. The van der Waals surface area contributed by atoms with Crippen LogP contribution in [0, 0.1) is 13.8 Å². The van der Waals surface area contributed by atoms with Crippen LogP contribution in [0.4, 0.5) is 4.79 Å². The van der Waals surface area contributed by atoms with E-state index in [9.17, 15) is 4.79 Å². The van der Waals surface area contributed by atoms with Crippen molar-refractivity contribution in [2.75, 3.05) is 0 Å². The van der Waals surface area contributed by atoms with Gasteiger partial charge < -0.3 is 4.74 Å². The summed E-state index contributed by atoms with van der Waals surface area (Å²) in [7, 11) is 0. The van der Waals surface area contributed by atoms with Crippen LogP contribution in [0.5, 0.6) is 0 Å². The lowest BCUT2D eigenvalue weighted by atomic mass is 9.94. The van der Waals surface area contributed by atoms with Gasteiger partial charge in [-0.1, -0.05) is 13.8 Å². The smallest absolute Gasteiger partial charge is 0.420 e. The molecule has 0 atom stereocenters. The van der Waals surface area contributed by atoms with Gasteiger partial charge in [-0.3, -0.25) is 0 Å². The molecule has 30 heavy (non-hydrogen) atoms. The van der Waals surface area contributed by atoms with Crippen LogP contribution in [-0.2, 0) is 4.74 Å². The van der Waals surface area contributed by atoms with Gasteiger partial charge in [-0.15, -0.1) is 11.3 Å². The number of nitrogens with zero attached hydrogens (tertiary/aromatic N) is 4. The Balaban J connectivity index is 2.12. The summed E-state index contributed by atoms with van der Waals surface area (Å²) in [6, 6.07) is 2.09. The quantitative estimate of drug-likeness (QED) is 0.314. The van der Waals surface area contributed by atoms with Gasteiger partial charge in [-0.05, 0) is 79.2 Å². The van der Waals surface area contributed by atoms with Crippen LogP contribution in [0.2, 0.25) is 0 Å². The van der Waals surface area contributed by atoms with E-state index in [2.05, 4.69) is 52.9 Å². The zero-order valence-corrected chi connectivity index (χ0v) is 20.6. The van der Waals surface area contributed by atoms with Gasteiger partial charge in [0.05, 0.1) is 9.48 Å². The molecule has 0 aliphatic heterocycles. The van der Waals surface area contributed by atoms with Crippen LogP contribution >= 0.6 is 27.3 Å². The molecule has 0 fully saturated rings. The second kappa shape index (κ2) is 7.20. The average Bonchev–Trinajstić information content (AvgIpc) is 3.28. The number of pyridine rings is 1. The van der Waals surface area contributed by atoms with Gasteiger partial charge in [0, 0.05) is 17.1 Å². The van der Waals surface area contributed by atoms with Gasteiger partial charge in [0.1, 0.15) is 16.8 Å². The summed E-state index contributed by atoms with van der Waals surface area (Å²) in [4.78, 5) is 18.7. The van der Waals surface area contributed by atoms with E-state index < -0.39 is 5.60 Å². The van der Waals surface area contributed by atoms with Crippen molar-refractivity contribution in [1.82, 2.24) is 19.2 Å². The maximum atomic E-state index is 13.4. The molecular weight excluding hydrogens is 464 g/mol. The first-order chi connectivity index (χ1) is 14.0. The number of halogens is 1. The molecule has 0 saturated carbocycles. The molecule has 0 amide bonds. The molecular formula is C22H25BrN4O2S. The van der Waals surface area contributed by atoms with Crippen molar-refractivity contribution in [2.45, 2.75) is 60.0 Å². The zero-order chi connectivity index (χ0) is 22.0. The third-order valence-corrected chi connectivity index (χ3v) is 6.81. The second-order valence-corrected chi connectivity index (χ2v) is 11.2. The van der Waals surface area contributed by atoms with Crippen molar-refractivity contribution in [3.8, 4) is 11.3 Å². The summed E-state index contributed by atoms with van der Waals surface area (Å²) in [6.45, 7) is 14.1. The Morgan fingerprint density at radius 3 is 2.57 bits per heavy atom. The van der Waals surface area contributed by atoms with Crippen molar-refractivity contribution in [1.29, 1.82) is 0 Å². The molecule has 0 unspecified atom stereocenters. The summed E-state index contributed by atoms with van der Waals surface area (Å²) >= 11 is 5.14. The number of fused-ring (bicyclic) bond motifs is 2. The van der Waals surface area contributed by atoms with E-state index in [0.29, 0.717) is 0 Å². The molecule has 158 valence electrons. The van der Waals surface area contributed by atoms with Gasteiger partial charge in [0.25, 0.3) is 0 Å². The number of rotatable bonds is 2. The van der Waals surface area contributed by atoms with Crippen molar-refractivity contribution in [2.24, 2.45) is 0 Å². The monoisotopic (exact) mass is 488 g/mol. The minimum absolute atomic E-state index is 0.207. The van der Waals surface area contributed by atoms with Gasteiger partial charge in [-0.2, -0.15) is 5.10 Å². The summed E-state index contributed by atoms with van der Waals surface area (Å²) < 4.78 is 10.3. The van der Waals surface area contributed by atoms with Crippen molar-refractivity contribution < 1.29 is 9.53 Å². The van der Waals surface area contributed by atoms with Crippen LogP contribution in [0.15, 0.2) is 22.4 Å². The topological polar surface area (TPSA) is 61.4 Å². The molecule has 4 aromatic heterocycles. The van der Waals surface area contributed by atoms with Gasteiger partial charge in [0.15, 0.2) is 5.65 Å². The Morgan fingerprint density at radius 1 is 1.23 bits per heavy atom. The molecule has 0 saturated heterocycles. The lowest BCUT2D eigenvalue weighted by Gasteiger charge is -2.22. The number of aryl methyl sites for hydroxylation is 1. The van der Waals surface area contributed by atoms with E-state index in [0.717, 1.165) is 47.6 Å². The van der Waals surface area contributed by atoms with E-state index in [-0.39, 0.29) is 12.0 Å². The highest BCUT2D eigenvalue weighted by molar-refractivity contribution is 9.11. The first kappa shape index (κ1) is 21.1. The third kappa shape index (κ3) is 3.36. The molecule has 0 aliphatic rings. The average molecular weight is 489 g/mol. The Kier molecular flexibility index (Phi) is 5.05. The van der Waals surface area contributed by atoms with Gasteiger partial charge >= 0.3 is 6.09 Å². The predicted molar refractivity (Wildman–Crippen MR) is 125 cm³/mol. The highest BCUT2D eigenvalue weighted by Crippen LogP contribution is 2.44. The first-order valence-corrected chi connectivity index (χ1v) is 11.5. The summed E-state index contributed by atoms with van der Waals surface area (Å²) in [6.07, 6.45) is 3.14. The molecule has 0 bridgehead atoms. The fraction of sp³-hybridized carbons (Fsp3) is 0.409. The van der Waals surface area contributed by atoms with E-state index in [4.69, 9.17) is 4.74 Å². The largest absolute Gasteiger partial charge is 0.443 e. The standard InChI is InChI=1S/C22H25BrN4O2S/c1-11(2)17-14-8-16(23)30-20(14)27(21(28)29-22(5,6)7)18(17)15-9-26-19(24-10-25-26)13(4)12(15)3/h8-11H,1-7H3. The minimum Gasteiger partial charge on any atom is -0.443 e. The number of thiophene rings is 1. The Hall–Kier alpha value is -2.19. The fourth-order valence-corrected chi connectivity index (χ4v) is 5.42. The first-order valence-electron chi connectivity index (χ1n) is 9.86. The van der Waals surface area contributed by atoms with E-state index in [1.165, 1.54) is 11.3 Å². The maximum absolute atomic E-state index is 13.4. The number of carbonyl (C=O) groups is 1. The third-order valence-electron chi connectivity index (χ3n) is 5.19. The Bertz CT molecular complexity index is 1290. The lowest BCUT2D eigenvalue weighted by molar-refractivity contribution is 0.0547. The number of aromatic nitrogens is 4. The molecule has 0 N–H and O–H groups in total. The number of ether oxygens (including phenoxy) is 1. The number of carbonyl (C=O) groups excluding carboxylic acids is 1. The maximum Gasteiger partial charge on any atom is 0.420 e. The number of hydrogen-bond donors (Lipinski definition) is 0. The SMILES string of the molecule is Cc1c(-c2c(C(C)C)c3cc(Br)sc3n2C(=O)OC(C)(C)C)cn2ncnc2c1C. The van der Waals surface area contributed by atoms with Gasteiger partial charge in [-0.25, -0.2) is 18.9 Å². The van der Waals surface area contributed by atoms with Crippen molar-refractivity contribution >= 4 is 49.2 Å². The molecule has 0 spiro atoms. The predicted octanol–water partition coefficient (Wildman–Crippen LogP) is 6.70. The molecule has 6 nitrogen and oxygen atoms in total. The molecule has 8 heteroatoms. The zero-order valence-electron chi connectivity index (χ0n) is 18.2. The Morgan fingerprint density at radius 2 is 1.93 bits per heavy atom. The van der Waals surface area contributed by atoms with Crippen LogP contribution in [-0.4, -0.2) is 30.9 Å². The second-order valence-electron chi connectivity index (χ2n) is 8.82. The van der Waals surface area contributed by atoms with Crippen LogP contribution < -0.4 is 0 Å². The van der Waals surface area contributed by atoms with Crippen LogP contribution in [0.1, 0.15) is 57.2 Å². The lowest BCUT2D eigenvalue weighted by Crippen LogP contribution is -2.27. The molecule has 0 radical (unpaired) electrons. The normalized spacial score (nSPS) is 12.4. The molecule has 0 aromatic carbocycles. The molecule has 0 aliphatic carbocycles. The van der Waals surface area contributed by atoms with Crippen LogP contribution in [0.3, 0.4) is 0 Å². The molecule has 4 aromatic rings. The van der Waals surface area contributed by atoms with E-state index >= 15 is 0 Å². The molecule has 4 heterocycles. The van der Waals surface area contributed by atoms with Crippen molar-refractivity contribution in [3.05, 3.63) is 39.1 Å².